The van der Waals surface area contributed by atoms with Crippen molar-refractivity contribution >= 4 is 62.7 Å². The van der Waals surface area contributed by atoms with E-state index in [1.807, 2.05) is 26.0 Å². The highest BCUT2D eigenvalue weighted by atomic mass is 35.5. The molecule has 2 aromatic carbocycles. The standard InChI is InChI=1S/C24H20Cl2N4O3S/c1-3-6-16-12-19(31)30-20(22(32)29-18-8-5-4-7-13(18)2)21(34-24(30)28-16)23(33)27-17-10-14(25)9-15(26)11-17/h4-5,7-12H,3,6H2,1-2H3,(H,27,33)(H,29,32). The van der Waals surface area contributed by atoms with Crippen molar-refractivity contribution in [3.05, 3.63) is 90.8 Å². The summed E-state index contributed by atoms with van der Waals surface area (Å²) in [4.78, 5) is 44.4. The first-order valence-corrected chi connectivity index (χ1v) is 12.0. The van der Waals surface area contributed by atoms with Crippen LogP contribution in [0.15, 0.2) is 53.3 Å². The predicted octanol–water partition coefficient (Wildman–Crippen LogP) is 5.83. The first kappa shape index (κ1) is 23.9. The van der Waals surface area contributed by atoms with Crippen molar-refractivity contribution in [2.75, 3.05) is 10.6 Å². The molecular weight excluding hydrogens is 495 g/mol. The van der Waals surface area contributed by atoms with E-state index >= 15 is 0 Å². The molecule has 4 rings (SSSR count). The minimum atomic E-state index is -0.595. The highest BCUT2D eigenvalue weighted by Gasteiger charge is 2.27. The van der Waals surface area contributed by atoms with Gasteiger partial charge in [-0.15, -0.1) is 0 Å². The molecule has 0 spiro atoms. The molecule has 2 aromatic heterocycles. The number of anilines is 2. The molecule has 2 heterocycles. The van der Waals surface area contributed by atoms with Crippen LogP contribution in [-0.2, 0) is 6.42 Å². The average Bonchev–Trinajstić information content (AvgIpc) is 3.15. The Morgan fingerprint density at radius 3 is 2.41 bits per heavy atom. The zero-order chi connectivity index (χ0) is 24.4. The summed E-state index contributed by atoms with van der Waals surface area (Å²) in [5.41, 5.74) is 1.86. The molecule has 10 heteroatoms. The molecule has 0 saturated carbocycles. The molecule has 0 aliphatic carbocycles. The number of carbonyl (C=O) groups is 2. The molecule has 0 unspecified atom stereocenters. The zero-order valence-electron chi connectivity index (χ0n) is 18.3. The number of amides is 2. The van der Waals surface area contributed by atoms with E-state index < -0.39 is 17.4 Å². The van der Waals surface area contributed by atoms with Crippen LogP contribution in [0.5, 0.6) is 0 Å². The van der Waals surface area contributed by atoms with Gasteiger partial charge in [-0.05, 0) is 43.2 Å². The summed E-state index contributed by atoms with van der Waals surface area (Å²) >= 11 is 13.1. The van der Waals surface area contributed by atoms with Crippen molar-refractivity contribution in [1.29, 1.82) is 0 Å². The maximum atomic E-state index is 13.4. The highest BCUT2D eigenvalue weighted by Crippen LogP contribution is 2.27. The molecule has 7 nitrogen and oxygen atoms in total. The lowest BCUT2D eigenvalue weighted by molar-refractivity contribution is 0.0989. The van der Waals surface area contributed by atoms with Crippen LogP contribution in [0.1, 0.15) is 44.8 Å². The zero-order valence-corrected chi connectivity index (χ0v) is 20.6. The number of aromatic nitrogens is 2. The summed E-state index contributed by atoms with van der Waals surface area (Å²) in [7, 11) is 0. The van der Waals surface area contributed by atoms with Crippen LogP contribution >= 0.6 is 34.5 Å². The Balaban J connectivity index is 1.83. The van der Waals surface area contributed by atoms with Crippen molar-refractivity contribution in [3.8, 4) is 0 Å². The van der Waals surface area contributed by atoms with Gasteiger partial charge >= 0.3 is 0 Å². The van der Waals surface area contributed by atoms with Gasteiger partial charge in [-0.2, -0.15) is 0 Å². The van der Waals surface area contributed by atoms with Crippen LogP contribution in [0.25, 0.3) is 4.96 Å². The Bertz CT molecular complexity index is 1460. The average molecular weight is 515 g/mol. The third-order valence-corrected chi connectivity index (χ3v) is 6.49. The Labute approximate surface area is 209 Å². The maximum absolute atomic E-state index is 13.4. The highest BCUT2D eigenvalue weighted by molar-refractivity contribution is 7.19. The fourth-order valence-corrected chi connectivity index (χ4v) is 5.04. The summed E-state index contributed by atoms with van der Waals surface area (Å²) in [6, 6.07) is 13.2. The Hall–Kier alpha value is -3.20. The second-order valence-electron chi connectivity index (χ2n) is 7.61. The Morgan fingerprint density at radius 1 is 1.03 bits per heavy atom. The number of fused-ring (bicyclic) bond motifs is 1. The molecule has 2 N–H and O–H groups in total. The van der Waals surface area contributed by atoms with Gasteiger partial charge in [0.2, 0.25) is 0 Å². The van der Waals surface area contributed by atoms with Crippen LogP contribution in [0.3, 0.4) is 0 Å². The van der Waals surface area contributed by atoms with E-state index in [1.165, 1.54) is 28.7 Å². The number of nitrogens with one attached hydrogen (secondary N) is 2. The number of hydrogen-bond acceptors (Lipinski definition) is 5. The molecule has 34 heavy (non-hydrogen) atoms. The van der Waals surface area contributed by atoms with E-state index in [0.29, 0.717) is 33.5 Å². The number of halogens is 2. The number of benzene rings is 2. The van der Waals surface area contributed by atoms with Crippen molar-refractivity contribution < 1.29 is 9.59 Å². The van der Waals surface area contributed by atoms with Crippen LogP contribution < -0.4 is 16.2 Å². The lowest BCUT2D eigenvalue weighted by Crippen LogP contribution is -2.25. The molecule has 0 radical (unpaired) electrons. The first-order chi connectivity index (χ1) is 16.3. The van der Waals surface area contributed by atoms with Crippen molar-refractivity contribution in [1.82, 2.24) is 9.38 Å². The molecule has 0 saturated heterocycles. The molecule has 0 atom stereocenters. The van der Waals surface area contributed by atoms with E-state index in [4.69, 9.17) is 23.2 Å². The van der Waals surface area contributed by atoms with Gasteiger partial charge in [-0.25, -0.2) is 9.38 Å². The minimum absolute atomic E-state index is 0.0421. The van der Waals surface area contributed by atoms with Gasteiger partial charge in [0, 0.05) is 33.2 Å². The molecule has 0 aliphatic rings. The molecule has 4 aromatic rings. The van der Waals surface area contributed by atoms with Gasteiger partial charge < -0.3 is 10.6 Å². The molecular formula is C24H20Cl2N4O3S. The van der Waals surface area contributed by atoms with Gasteiger partial charge in [0.05, 0.1) is 0 Å². The van der Waals surface area contributed by atoms with Crippen LogP contribution in [0, 0.1) is 6.92 Å². The second-order valence-corrected chi connectivity index (χ2v) is 9.47. The number of aryl methyl sites for hydroxylation is 2. The van der Waals surface area contributed by atoms with Gasteiger partial charge in [0.1, 0.15) is 10.6 Å². The fraction of sp³-hybridized carbons (Fsp3) is 0.167. The number of nitrogens with zero attached hydrogens (tertiary/aromatic N) is 2. The number of hydrogen-bond donors (Lipinski definition) is 2. The van der Waals surface area contributed by atoms with E-state index in [9.17, 15) is 14.4 Å². The third-order valence-electron chi connectivity index (χ3n) is 5.01. The van der Waals surface area contributed by atoms with E-state index in [2.05, 4.69) is 15.6 Å². The Morgan fingerprint density at radius 2 is 1.74 bits per heavy atom. The van der Waals surface area contributed by atoms with Crippen LogP contribution in [0.2, 0.25) is 10.0 Å². The molecule has 0 bridgehead atoms. The number of thiazole rings is 1. The second kappa shape index (κ2) is 9.97. The van der Waals surface area contributed by atoms with Crippen LogP contribution in [0.4, 0.5) is 11.4 Å². The van der Waals surface area contributed by atoms with Gasteiger partial charge in [0.15, 0.2) is 4.96 Å². The quantitative estimate of drug-likeness (QED) is 0.338. The van der Waals surface area contributed by atoms with Gasteiger partial charge in [-0.1, -0.05) is 66.1 Å². The third kappa shape index (κ3) is 4.99. The Kier molecular flexibility index (Phi) is 7.02. The lowest BCUT2D eigenvalue weighted by Gasteiger charge is -2.10. The summed E-state index contributed by atoms with van der Waals surface area (Å²) < 4.78 is 1.18. The van der Waals surface area contributed by atoms with Crippen molar-refractivity contribution in [3.63, 3.8) is 0 Å². The SMILES string of the molecule is CCCc1cc(=O)n2c(C(=O)Nc3ccccc3C)c(C(=O)Nc3cc(Cl)cc(Cl)c3)sc2n1. The number of carbonyl (C=O) groups excluding carboxylic acids is 2. The van der Waals surface area contributed by atoms with Crippen molar-refractivity contribution in [2.45, 2.75) is 26.7 Å². The molecule has 174 valence electrons. The maximum Gasteiger partial charge on any atom is 0.274 e. The lowest BCUT2D eigenvalue weighted by atomic mass is 10.2. The monoisotopic (exact) mass is 514 g/mol. The predicted molar refractivity (Wildman–Crippen MR) is 137 cm³/mol. The van der Waals surface area contributed by atoms with Gasteiger partial charge in [-0.3, -0.25) is 14.4 Å². The van der Waals surface area contributed by atoms with Crippen molar-refractivity contribution in [2.24, 2.45) is 0 Å². The normalized spacial score (nSPS) is 10.9. The smallest absolute Gasteiger partial charge is 0.274 e. The number of para-hydroxylation sites is 1. The summed E-state index contributed by atoms with van der Waals surface area (Å²) in [5, 5.41) is 6.21. The van der Waals surface area contributed by atoms with E-state index in [0.717, 1.165) is 23.3 Å². The van der Waals surface area contributed by atoms with E-state index in [1.54, 1.807) is 12.1 Å². The fourth-order valence-electron chi connectivity index (χ4n) is 3.47. The summed E-state index contributed by atoms with van der Waals surface area (Å²) in [6.45, 7) is 3.83. The summed E-state index contributed by atoms with van der Waals surface area (Å²) in [5.74, 6) is -1.18. The van der Waals surface area contributed by atoms with Crippen LogP contribution in [-0.4, -0.2) is 21.2 Å². The van der Waals surface area contributed by atoms with E-state index in [-0.39, 0.29) is 15.5 Å². The molecule has 0 fully saturated rings. The molecule has 0 aliphatic heterocycles. The molecule has 2 amide bonds. The minimum Gasteiger partial charge on any atom is -0.321 e. The first-order valence-electron chi connectivity index (χ1n) is 10.5. The summed E-state index contributed by atoms with van der Waals surface area (Å²) in [6.07, 6.45) is 1.41. The largest absolute Gasteiger partial charge is 0.321 e. The topological polar surface area (TPSA) is 92.6 Å². The number of rotatable bonds is 6. The van der Waals surface area contributed by atoms with Gasteiger partial charge in [0.25, 0.3) is 17.4 Å².